The number of alkyl carbamates (subject to hydrolysis) is 1. The Morgan fingerprint density at radius 3 is 2.50 bits per heavy atom. The molecule has 11 nitrogen and oxygen atoms in total. The van der Waals surface area contributed by atoms with Crippen molar-refractivity contribution in [2.75, 3.05) is 6.54 Å². The van der Waals surface area contributed by atoms with E-state index in [9.17, 15) is 19.8 Å². The molecule has 0 saturated carbocycles. The van der Waals surface area contributed by atoms with Crippen molar-refractivity contribution in [3.05, 3.63) is 35.7 Å². The maximum absolute atomic E-state index is 12.3. The molecule has 1 aliphatic heterocycles. The number of β-amino-alcohol motifs (C(OH)–C–C–N with tert-alkyl or cyclic N) is 1. The minimum Gasteiger partial charge on any atom is -0.463 e. The second-order valence-electron chi connectivity index (χ2n) is 10.6. The number of aromatic nitrogens is 2. The summed E-state index contributed by atoms with van der Waals surface area (Å²) in [4.78, 5) is 33.1. The van der Waals surface area contributed by atoms with Crippen molar-refractivity contribution >= 4 is 18.1 Å². The average Bonchev–Trinajstić information content (AvgIpc) is 3.47. The number of hydrogen-bond donors (Lipinski definition) is 3. The highest BCUT2D eigenvalue weighted by Gasteiger charge is 2.39. The third kappa shape index (κ3) is 8.83. The summed E-state index contributed by atoms with van der Waals surface area (Å²) < 4.78 is 10.7. The van der Waals surface area contributed by atoms with E-state index >= 15 is 0 Å². The van der Waals surface area contributed by atoms with Gasteiger partial charge < -0.3 is 24.4 Å². The molecule has 1 fully saturated rings. The van der Waals surface area contributed by atoms with Crippen LogP contribution in [-0.4, -0.2) is 61.6 Å². The zero-order valence-corrected chi connectivity index (χ0v) is 22.6. The van der Waals surface area contributed by atoms with Gasteiger partial charge in [-0.2, -0.15) is 4.98 Å². The molecule has 1 aromatic heterocycles. The zero-order valence-electron chi connectivity index (χ0n) is 22.6. The molecule has 1 aliphatic rings. The topological polar surface area (TPSA) is 150 Å². The van der Waals surface area contributed by atoms with Crippen LogP contribution in [-0.2, 0) is 11.2 Å². The van der Waals surface area contributed by atoms with E-state index in [0.29, 0.717) is 5.82 Å². The normalized spacial score (nSPS) is 18.0. The van der Waals surface area contributed by atoms with Gasteiger partial charge in [-0.15, -0.1) is 4.99 Å². The molecule has 0 spiro atoms. The van der Waals surface area contributed by atoms with E-state index in [-0.39, 0.29) is 24.8 Å². The molecule has 2 amide bonds. The molecule has 1 aromatic carbocycles. The zero-order chi connectivity index (χ0) is 27.7. The second-order valence-corrected chi connectivity index (χ2v) is 10.6. The molecule has 11 heteroatoms. The lowest BCUT2D eigenvalue weighted by atomic mass is 10.0. The molecule has 2 heterocycles. The van der Waals surface area contributed by atoms with Crippen molar-refractivity contribution in [2.45, 2.75) is 96.8 Å². The van der Waals surface area contributed by atoms with Gasteiger partial charge in [0.15, 0.2) is 0 Å². The summed E-state index contributed by atoms with van der Waals surface area (Å²) in [5.74, 6) is 0.271. The number of aliphatic hydroxyl groups excluding tert-OH is 1. The van der Waals surface area contributed by atoms with Crippen molar-refractivity contribution in [1.82, 2.24) is 20.4 Å². The van der Waals surface area contributed by atoms with Crippen LogP contribution in [0.3, 0.4) is 0 Å². The van der Waals surface area contributed by atoms with Gasteiger partial charge in [0.1, 0.15) is 11.6 Å². The number of guanidine groups is 1. The highest BCUT2D eigenvalue weighted by Crippen LogP contribution is 2.32. The number of aryl methyl sites for hydroxylation is 1. The number of unbranched alkanes of at least 4 members (excludes halogenated alkanes) is 5. The third-order valence-electron chi connectivity index (χ3n) is 6.12. The molecule has 0 radical (unpaired) electrons. The van der Waals surface area contributed by atoms with Gasteiger partial charge in [-0.1, -0.05) is 68.4 Å². The Hall–Kier alpha value is -3.47. The van der Waals surface area contributed by atoms with Crippen LogP contribution in [0.15, 0.2) is 33.8 Å². The van der Waals surface area contributed by atoms with E-state index in [4.69, 9.17) is 9.26 Å². The number of carbonyl (C=O) groups excluding carboxylic acids is 1. The number of rotatable bonds is 9. The van der Waals surface area contributed by atoms with Crippen LogP contribution < -0.4 is 5.32 Å². The van der Waals surface area contributed by atoms with E-state index in [1.54, 1.807) is 20.8 Å². The fourth-order valence-electron chi connectivity index (χ4n) is 4.35. The van der Waals surface area contributed by atoms with Crippen LogP contribution in [0.25, 0.3) is 11.4 Å². The van der Waals surface area contributed by atoms with Crippen LogP contribution in [0.4, 0.5) is 9.59 Å². The van der Waals surface area contributed by atoms with Crippen LogP contribution >= 0.6 is 0 Å². The van der Waals surface area contributed by atoms with Crippen LogP contribution in [0, 0.1) is 0 Å². The number of aliphatic imine (C=N–C) groups is 1. The number of aliphatic hydroxyl groups is 1. The fourth-order valence-corrected chi connectivity index (χ4v) is 4.35. The van der Waals surface area contributed by atoms with Crippen LogP contribution in [0.2, 0.25) is 0 Å². The monoisotopic (exact) mass is 529 g/mol. The fraction of sp³-hybridized carbons (Fsp3) is 0.593. The predicted octanol–water partition coefficient (Wildman–Crippen LogP) is 5.31. The summed E-state index contributed by atoms with van der Waals surface area (Å²) in [6, 6.07) is 7.33. The van der Waals surface area contributed by atoms with Crippen molar-refractivity contribution in [3.8, 4) is 11.4 Å². The Balaban J connectivity index is 1.69. The number of carbonyl (C=O) groups is 2. The van der Waals surface area contributed by atoms with Gasteiger partial charge >= 0.3 is 12.2 Å². The number of amides is 2. The first kappa shape index (κ1) is 29.1. The SMILES string of the molecule is CCCCCCCCc1ccc(-c2noc([C@@H]3C[C@H](O)CN3/C(=N/C(=O)O)NC(=O)OC(C)(C)C)n2)cc1. The third-order valence-corrected chi connectivity index (χ3v) is 6.12. The first-order valence-electron chi connectivity index (χ1n) is 13.2. The van der Waals surface area contributed by atoms with Gasteiger partial charge in [-0.3, -0.25) is 5.32 Å². The number of nitrogens with zero attached hydrogens (tertiary/aromatic N) is 4. The first-order chi connectivity index (χ1) is 18.1. The Bertz CT molecular complexity index is 1090. The number of likely N-dealkylation sites (tertiary alicyclic amines) is 1. The Morgan fingerprint density at radius 1 is 1.16 bits per heavy atom. The van der Waals surface area contributed by atoms with Gasteiger partial charge in [-0.25, -0.2) is 9.59 Å². The molecule has 38 heavy (non-hydrogen) atoms. The Morgan fingerprint density at radius 2 is 1.84 bits per heavy atom. The van der Waals surface area contributed by atoms with Gasteiger partial charge in [0, 0.05) is 18.5 Å². The van der Waals surface area contributed by atoms with Crippen molar-refractivity contribution in [2.24, 2.45) is 4.99 Å². The molecular weight excluding hydrogens is 490 g/mol. The number of nitrogens with one attached hydrogen (secondary N) is 1. The van der Waals surface area contributed by atoms with Crippen molar-refractivity contribution < 1.29 is 29.1 Å². The number of hydrogen-bond acceptors (Lipinski definition) is 7. The Labute approximate surface area is 223 Å². The molecule has 0 aliphatic carbocycles. The van der Waals surface area contributed by atoms with E-state index in [2.05, 4.69) is 39.5 Å². The van der Waals surface area contributed by atoms with Gasteiger partial charge in [0.2, 0.25) is 17.7 Å². The molecule has 3 N–H and O–H groups in total. The van der Waals surface area contributed by atoms with E-state index in [1.807, 2.05) is 12.1 Å². The Kier molecular flexibility index (Phi) is 10.2. The summed E-state index contributed by atoms with van der Waals surface area (Å²) in [5.41, 5.74) is 1.23. The largest absolute Gasteiger partial charge is 0.463 e. The van der Waals surface area contributed by atoms with Gasteiger partial charge in [-0.05, 0) is 39.2 Å². The van der Waals surface area contributed by atoms with Gasteiger partial charge in [0.05, 0.1) is 6.10 Å². The molecule has 3 rings (SSSR count). The summed E-state index contributed by atoms with van der Waals surface area (Å²) in [6.45, 7) is 7.28. The molecule has 0 unspecified atom stereocenters. The summed E-state index contributed by atoms with van der Waals surface area (Å²) in [5, 5.41) is 26.1. The van der Waals surface area contributed by atoms with Crippen LogP contribution in [0.1, 0.15) is 90.1 Å². The molecule has 0 bridgehead atoms. The standard InChI is InChI=1S/C27H39N5O6/c1-5-6-7-8-9-10-11-18-12-14-19(15-13-18)22-28-23(38-31-22)21-16-20(33)17-32(21)24(29-25(34)35)30-26(36)37-27(2,3)4/h12-15,20-21,33H,5-11,16-17H2,1-4H3,(H,34,35)(H,29,30,36)/t20-,21-/m0/s1. The predicted molar refractivity (Wildman–Crippen MR) is 142 cm³/mol. The summed E-state index contributed by atoms with van der Waals surface area (Å²) >= 11 is 0. The smallest absolute Gasteiger partial charge is 0.434 e. The molecular formula is C27H39N5O6. The average molecular weight is 530 g/mol. The maximum Gasteiger partial charge on any atom is 0.434 e. The minimum atomic E-state index is -1.51. The van der Waals surface area contributed by atoms with E-state index in [0.717, 1.165) is 18.4 Å². The van der Waals surface area contributed by atoms with Crippen LogP contribution in [0.5, 0.6) is 0 Å². The second kappa shape index (κ2) is 13.4. The molecule has 208 valence electrons. The number of carboxylic acid groups (broad SMARTS) is 1. The van der Waals surface area contributed by atoms with Crippen molar-refractivity contribution in [1.29, 1.82) is 0 Å². The lowest BCUT2D eigenvalue weighted by Crippen LogP contribution is -2.46. The highest BCUT2D eigenvalue weighted by atomic mass is 16.6. The first-order valence-corrected chi connectivity index (χ1v) is 13.2. The summed E-state index contributed by atoms with van der Waals surface area (Å²) in [7, 11) is 0. The number of benzene rings is 1. The molecule has 2 atom stereocenters. The quantitative estimate of drug-likeness (QED) is 0.223. The van der Waals surface area contributed by atoms with E-state index < -0.39 is 29.9 Å². The number of ether oxygens (including phenoxy) is 1. The van der Waals surface area contributed by atoms with Gasteiger partial charge in [0.25, 0.3) is 0 Å². The lowest BCUT2D eigenvalue weighted by molar-refractivity contribution is 0.0554. The molecule has 2 aromatic rings. The maximum atomic E-state index is 12.3. The van der Waals surface area contributed by atoms with E-state index in [1.165, 1.54) is 42.6 Å². The minimum absolute atomic E-state index is 0.0113. The van der Waals surface area contributed by atoms with Crippen molar-refractivity contribution in [3.63, 3.8) is 0 Å². The molecule has 1 saturated heterocycles. The summed E-state index contributed by atoms with van der Waals surface area (Å²) in [6.07, 6.45) is 5.52. The highest BCUT2D eigenvalue weighted by molar-refractivity contribution is 5.98. The lowest BCUT2D eigenvalue weighted by Gasteiger charge is -2.26.